The molecule has 2 aromatic rings. The van der Waals surface area contributed by atoms with Crippen LogP contribution in [-0.4, -0.2) is 44.4 Å². The summed E-state index contributed by atoms with van der Waals surface area (Å²) in [5.74, 6) is 0.448. The van der Waals surface area contributed by atoms with Crippen molar-refractivity contribution >= 4 is 17.5 Å². The number of hydrogen-bond donors (Lipinski definition) is 1. The van der Waals surface area contributed by atoms with Crippen molar-refractivity contribution < 1.29 is 9.59 Å². The minimum atomic E-state index is 0.0260. The molecule has 0 radical (unpaired) electrons. The lowest BCUT2D eigenvalue weighted by Crippen LogP contribution is -2.36. The molecule has 1 fully saturated rings. The summed E-state index contributed by atoms with van der Waals surface area (Å²) in [6.45, 7) is 7.61. The summed E-state index contributed by atoms with van der Waals surface area (Å²) in [5.41, 5.74) is 4.78. The van der Waals surface area contributed by atoms with Crippen molar-refractivity contribution in [1.82, 2.24) is 24.8 Å². The lowest BCUT2D eigenvalue weighted by molar-refractivity contribution is -0.136. The topological polar surface area (TPSA) is 79.6 Å². The van der Waals surface area contributed by atoms with Crippen LogP contribution in [0.4, 0.5) is 0 Å². The summed E-state index contributed by atoms with van der Waals surface area (Å²) in [6, 6.07) is 2.06. The lowest BCUT2D eigenvalue weighted by Gasteiger charge is -2.28. The van der Waals surface area contributed by atoms with Crippen LogP contribution in [-0.2, 0) is 16.0 Å². The SMILES string of the molecule is CCCNC(=O)CCc1c(C)nc2cc([C@@H]3CCCN3C(=O)[C@@H]3CC=CCC3)nn2c1C. The molecule has 2 aromatic heterocycles. The molecular formula is C25H35N5O2. The zero-order valence-electron chi connectivity index (χ0n) is 19.6. The highest BCUT2D eigenvalue weighted by molar-refractivity contribution is 5.80. The highest BCUT2D eigenvalue weighted by Crippen LogP contribution is 2.35. The monoisotopic (exact) mass is 437 g/mol. The third-order valence-corrected chi connectivity index (χ3v) is 6.85. The van der Waals surface area contributed by atoms with Crippen LogP contribution in [0.5, 0.6) is 0 Å². The summed E-state index contributed by atoms with van der Waals surface area (Å²) < 4.78 is 1.89. The van der Waals surface area contributed by atoms with Gasteiger partial charge in [-0.25, -0.2) is 9.50 Å². The minimum absolute atomic E-state index is 0.0260. The average molecular weight is 438 g/mol. The molecule has 32 heavy (non-hydrogen) atoms. The highest BCUT2D eigenvalue weighted by Gasteiger charge is 2.35. The Morgan fingerprint density at radius 1 is 1.22 bits per heavy atom. The number of rotatable bonds is 7. The molecule has 0 aromatic carbocycles. The number of carbonyl (C=O) groups excluding carboxylic acids is 2. The third-order valence-electron chi connectivity index (χ3n) is 6.85. The van der Waals surface area contributed by atoms with Gasteiger partial charge in [-0.1, -0.05) is 19.1 Å². The zero-order valence-corrected chi connectivity index (χ0v) is 19.6. The summed E-state index contributed by atoms with van der Waals surface area (Å²) in [4.78, 5) is 32.1. The largest absolute Gasteiger partial charge is 0.356 e. The van der Waals surface area contributed by atoms with Crippen molar-refractivity contribution in [3.8, 4) is 0 Å². The third kappa shape index (κ3) is 4.57. The first kappa shape index (κ1) is 22.5. The second kappa shape index (κ2) is 9.84. The molecule has 7 heteroatoms. The smallest absolute Gasteiger partial charge is 0.226 e. The minimum Gasteiger partial charge on any atom is -0.356 e. The Morgan fingerprint density at radius 2 is 2.06 bits per heavy atom. The van der Waals surface area contributed by atoms with Gasteiger partial charge in [-0.3, -0.25) is 9.59 Å². The van der Waals surface area contributed by atoms with Gasteiger partial charge in [0.05, 0.1) is 11.7 Å². The van der Waals surface area contributed by atoms with Crippen LogP contribution < -0.4 is 5.32 Å². The first-order chi connectivity index (χ1) is 15.5. The van der Waals surface area contributed by atoms with Crippen LogP contribution in [0.25, 0.3) is 5.65 Å². The first-order valence-electron chi connectivity index (χ1n) is 12.1. The van der Waals surface area contributed by atoms with Crippen molar-refractivity contribution in [1.29, 1.82) is 0 Å². The van der Waals surface area contributed by atoms with Gasteiger partial charge in [0, 0.05) is 42.9 Å². The zero-order chi connectivity index (χ0) is 22.7. The van der Waals surface area contributed by atoms with E-state index in [-0.39, 0.29) is 23.8 Å². The molecule has 2 atom stereocenters. The van der Waals surface area contributed by atoms with E-state index in [1.165, 1.54) is 0 Å². The van der Waals surface area contributed by atoms with Gasteiger partial charge in [0.25, 0.3) is 0 Å². The second-order valence-electron chi connectivity index (χ2n) is 9.12. The molecule has 0 bridgehead atoms. The van der Waals surface area contributed by atoms with Gasteiger partial charge in [0.2, 0.25) is 11.8 Å². The molecule has 2 aliphatic rings. The highest BCUT2D eigenvalue weighted by atomic mass is 16.2. The van der Waals surface area contributed by atoms with E-state index in [1.807, 2.05) is 36.3 Å². The summed E-state index contributed by atoms with van der Waals surface area (Å²) in [5, 5.41) is 7.84. The molecule has 2 amide bonds. The molecule has 1 aliphatic heterocycles. The van der Waals surface area contributed by atoms with Crippen LogP contribution >= 0.6 is 0 Å². The fraction of sp³-hybridized carbons (Fsp3) is 0.600. The van der Waals surface area contributed by atoms with E-state index in [9.17, 15) is 9.59 Å². The Hall–Kier alpha value is -2.70. The van der Waals surface area contributed by atoms with Gasteiger partial charge < -0.3 is 10.2 Å². The van der Waals surface area contributed by atoms with Crippen molar-refractivity contribution in [3.63, 3.8) is 0 Å². The molecular weight excluding hydrogens is 402 g/mol. The van der Waals surface area contributed by atoms with Crippen molar-refractivity contribution in [2.24, 2.45) is 5.92 Å². The van der Waals surface area contributed by atoms with Crippen molar-refractivity contribution in [3.05, 3.63) is 40.9 Å². The molecule has 4 rings (SSSR count). The van der Waals surface area contributed by atoms with Gasteiger partial charge >= 0.3 is 0 Å². The van der Waals surface area contributed by atoms with Gasteiger partial charge in [-0.15, -0.1) is 0 Å². The molecule has 3 heterocycles. The van der Waals surface area contributed by atoms with Crippen LogP contribution in [0.1, 0.15) is 80.6 Å². The number of allylic oxidation sites excluding steroid dienone is 2. The Morgan fingerprint density at radius 3 is 2.81 bits per heavy atom. The Bertz CT molecular complexity index is 1020. The van der Waals surface area contributed by atoms with Crippen molar-refractivity contribution in [2.45, 2.75) is 78.2 Å². The Kier molecular flexibility index (Phi) is 6.92. The number of carbonyl (C=O) groups is 2. The maximum Gasteiger partial charge on any atom is 0.226 e. The van der Waals surface area contributed by atoms with Crippen molar-refractivity contribution in [2.75, 3.05) is 13.1 Å². The summed E-state index contributed by atoms with van der Waals surface area (Å²) >= 11 is 0. The predicted molar refractivity (Wildman–Crippen MR) is 124 cm³/mol. The second-order valence-corrected chi connectivity index (χ2v) is 9.12. The molecule has 1 N–H and O–H groups in total. The number of amides is 2. The number of hydrogen-bond acceptors (Lipinski definition) is 4. The number of aromatic nitrogens is 3. The quantitative estimate of drug-likeness (QED) is 0.668. The maximum atomic E-state index is 13.2. The molecule has 172 valence electrons. The number of likely N-dealkylation sites (tertiary alicyclic amines) is 1. The number of nitrogens with zero attached hydrogens (tertiary/aromatic N) is 4. The van der Waals surface area contributed by atoms with Gasteiger partial charge in [0.1, 0.15) is 0 Å². The first-order valence-corrected chi connectivity index (χ1v) is 12.1. The Balaban J connectivity index is 1.55. The predicted octanol–water partition coefficient (Wildman–Crippen LogP) is 3.82. The van der Waals surface area contributed by atoms with Gasteiger partial charge in [0.15, 0.2) is 5.65 Å². The molecule has 1 saturated heterocycles. The van der Waals surface area contributed by atoms with Crippen LogP contribution in [0.3, 0.4) is 0 Å². The van der Waals surface area contributed by atoms with E-state index in [0.717, 1.165) is 73.4 Å². The van der Waals surface area contributed by atoms with Crippen LogP contribution in [0.2, 0.25) is 0 Å². The Labute approximate surface area is 190 Å². The fourth-order valence-electron chi connectivity index (χ4n) is 5.05. The fourth-order valence-corrected chi connectivity index (χ4v) is 5.05. The van der Waals surface area contributed by atoms with Crippen LogP contribution in [0.15, 0.2) is 18.2 Å². The summed E-state index contributed by atoms with van der Waals surface area (Å²) in [7, 11) is 0. The summed E-state index contributed by atoms with van der Waals surface area (Å²) in [6.07, 6.45) is 11.1. The van der Waals surface area contributed by atoms with E-state index in [1.54, 1.807) is 0 Å². The van der Waals surface area contributed by atoms with Crippen LogP contribution in [0, 0.1) is 19.8 Å². The maximum absolute atomic E-state index is 13.2. The molecule has 0 unspecified atom stereocenters. The number of aryl methyl sites for hydroxylation is 2. The van der Waals surface area contributed by atoms with E-state index in [4.69, 9.17) is 10.1 Å². The normalized spacial score (nSPS) is 20.8. The number of nitrogens with one attached hydrogen (secondary N) is 1. The molecule has 7 nitrogen and oxygen atoms in total. The molecule has 0 saturated carbocycles. The lowest BCUT2D eigenvalue weighted by atomic mass is 9.92. The van der Waals surface area contributed by atoms with E-state index < -0.39 is 0 Å². The van der Waals surface area contributed by atoms with E-state index in [2.05, 4.69) is 17.5 Å². The standard InChI is InChI=1S/C25H35N5O2/c1-4-14-26-24(31)13-12-20-17(2)27-23-16-21(28-30(23)18(20)3)22-11-8-15-29(22)25(32)19-9-6-5-7-10-19/h5-6,16,19,22H,4,7-15H2,1-3H3,(H,26,31)/t19-,22+/m1/s1. The molecule has 0 spiro atoms. The molecule has 1 aliphatic carbocycles. The average Bonchev–Trinajstić information content (AvgIpc) is 3.44. The van der Waals surface area contributed by atoms with E-state index >= 15 is 0 Å². The van der Waals surface area contributed by atoms with Gasteiger partial charge in [-0.05, 0) is 64.4 Å². The van der Waals surface area contributed by atoms with Gasteiger partial charge in [-0.2, -0.15) is 5.10 Å². The number of fused-ring (bicyclic) bond motifs is 1. The van der Waals surface area contributed by atoms with E-state index in [0.29, 0.717) is 19.4 Å².